The first-order valence-corrected chi connectivity index (χ1v) is 7.94. The number of ketones is 1. The van der Waals surface area contributed by atoms with Crippen molar-refractivity contribution >= 4 is 11.8 Å². The van der Waals surface area contributed by atoms with Gasteiger partial charge < -0.3 is 24.1 Å². The number of benzene rings is 2. The van der Waals surface area contributed by atoms with Gasteiger partial charge in [-0.1, -0.05) is 12.1 Å². The van der Waals surface area contributed by atoms with Crippen molar-refractivity contribution in [2.24, 2.45) is 0 Å². The first kappa shape index (κ1) is 19.3. The summed E-state index contributed by atoms with van der Waals surface area (Å²) in [4.78, 5) is 23.2. The van der Waals surface area contributed by atoms with Gasteiger partial charge in [0.05, 0.1) is 7.11 Å². The number of methoxy groups -OCH3 is 1. The van der Waals surface area contributed by atoms with E-state index in [1.807, 2.05) is 0 Å². The zero-order chi connectivity index (χ0) is 18.9. The smallest absolute Gasteiger partial charge is 0.373 e. The lowest BCUT2D eigenvalue weighted by Crippen LogP contribution is -2.30. The molecule has 0 aliphatic heterocycles. The molecule has 1 N–H and O–H groups in total. The van der Waals surface area contributed by atoms with E-state index in [-0.39, 0.29) is 19.0 Å². The Hall–Kier alpha value is -3.06. The van der Waals surface area contributed by atoms with Gasteiger partial charge in [0.2, 0.25) is 0 Å². The summed E-state index contributed by atoms with van der Waals surface area (Å²) < 4.78 is 20.8. The van der Waals surface area contributed by atoms with Gasteiger partial charge in [0.25, 0.3) is 6.29 Å². The number of hydrogen-bond acceptors (Lipinski definition) is 6. The maximum Gasteiger partial charge on any atom is 0.373 e. The van der Waals surface area contributed by atoms with Crippen LogP contribution in [0.4, 0.5) is 0 Å². The van der Waals surface area contributed by atoms with Crippen molar-refractivity contribution in [3.8, 4) is 17.2 Å². The fraction of sp³-hybridized carbons (Fsp3) is 0.263. The third-order valence-electron chi connectivity index (χ3n) is 3.35. The van der Waals surface area contributed by atoms with Gasteiger partial charge in [0.15, 0.2) is 12.4 Å². The Labute approximate surface area is 151 Å². The zero-order valence-electron chi connectivity index (χ0n) is 14.5. The Morgan fingerprint density at radius 2 is 1.73 bits per heavy atom. The Kier molecular flexibility index (Phi) is 6.99. The maximum absolute atomic E-state index is 12.2. The predicted molar refractivity (Wildman–Crippen MR) is 92.9 cm³/mol. The summed E-state index contributed by atoms with van der Waals surface area (Å²) in [6, 6.07) is 13.1. The summed E-state index contributed by atoms with van der Waals surface area (Å²) in [6.07, 6.45) is -1.37. The number of carboxylic acids is 1. The van der Waals surface area contributed by atoms with Gasteiger partial charge in [0, 0.05) is 12.2 Å². The van der Waals surface area contributed by atoms with E-state index in [2.05, 4.69) is 0 Å². The highest BCUT2D eigenvalue weighted by molar-refractivity contribution is 5.97. The summed E-state index contributed by atoms with van der Waals surface area (Å²) in [5.74, 6) is -0.0311. The Bertz CT molecular complexity index is 740. The van der Waals surface area contributed by atoms with Gasteiger partial charge in [0.1, 0.15) is 17.2 Å². The molecule has 2 rings (SSSR count). The molecule has 26 heavy (non-hydrogen) atoms. The second kappa shape index (κ2) is 9.43. The quantitative estimate of drug-likeness (QED) is 0.514. The lowest BCUT2D eigenvalue weighted by molar-refractivity contribution is -0.170. The molecule has 0 saturated carbocycles. The second-order valence-corrected chi connectivity index (χ2v) is 5.16. The van der Waals surface area contributed by atoms with Crippen LogP contribution in [0.2, 0.25) is 0 Å². The zero-order valence-corrected chi connectivity index (χ0v) is 14.5. The highest BCUT2D eigenvalue weighted by Gasteiger charge is 2.19. The minimum absolute atomic E-state index is 0.135. The molecule has 0 aromatic heterocycles. The summed E-state index contributed by atoms with van der Waals surface area (Å²) in [5.41, 5.74) is 0.491. The third kappa shape index (κ3) is 5.49. The topological polar surface area (TPSA) is 91.3 Å². The number of carbonyl (C=O) groups is 2. The van der Waals surface area contributed by atoms with E-state index >= 15 is 0 Å². The van der Waals surface area contributed by atoms with E-state index in [1.54, 1.807) is 55.5 Å². The van der Waals surface area contributed by atoms with E-state index in [0.717, 1.165) is 0 Å². The molecule has 7 nitrogen and oxygen atoms in total. The average Bonchev–Trinajstić information content (AvgIpc) is 2.66. The van der Waals surface area contributed by atoms with Crippen molar-refractivity contribution in [3.05, 3.63) is 54.1 Å². The molecule has 0 bridgehead atoms. The lowest BCUT2D eigenvalue weighted by atomic mass is 10.1. The van der Waals surface area contributed by atoms with E-state index in [4.69, 9.17) is 24.1 Å². The molecule has 7 heteroatoms. The van der Waals surface area contributed by atoms with Gasteiger partial charge >= 0.3 is 5.97 Å². The van der Waals surface area contributed by atoms with E-state index in [9.17, 15) is 9.59 Å². The summed E-state index contributed by atoms with van der Waals surface area (Å²) in [5, 5.41) is 8.99. The molecule has 2 aromatic rings. The van der Waals surface area contributed by atoms with Crippen molar-refractivity contribution < 1.29 is 33.6 Å². The lowest BCUT2D eigenvalue weighted by Gasteiger charge is -2.14. The molecule has 0 unspecified atom stereocenters. The predicted octanol–water partition coefficient (Wildman–Crippen LogP) is 2.78. The van der Waals surface area contributed by atoms with Crippen LogP contribution in [0.25, 0.3) is 0 Å². The van der Waals surface area contributed by atoms with E-state index < -0.39 is 12.3 Å². The third-order valence-corrected chi connectivity index (χ3v) is 3.35. The first-order chi connectivity index (χ1) is 12.5. The molecule has 0 fully saturated rings. The number of ether oxygens (including phenoxy) is 4. The van der Waals surface area contributed by atoms with E-state index in [1.165, 1.54) is 7.11 Å². The highest BCUT2D eigenvalue weighted by atomic mass is 16.7. The Morgan fingerprint density at radius 1 is 1.04 bits per heavy atom. The fourth-order valence-corrected chi connectivity index (χ4v) is 2.07. The van der Waals surface area contributed by atoms with Crippen LogP contribution in [0.1, 0.15) is 17.3 Å². The molecule has 0 spiro atoms. The highest BCUT2D eigenvalue weighted by Crippen LogP contribution is 2.20. The molecule has 2 aromatic carbocycles. The largest absolute Gasteiger partial charge is 0.497 e. The number of rotatable bonds is 10. The van der Waals surface area contributed by atoms with Crippen molar-refractivity contribution in [1.82, 2.24) is 0 Å². The van der Waals surface area contributed by atoms with Gasteiger partial charge in [-0.15, -0.1) is 0 Å². The molecule has 0 amide bonds. The van der Waals surface area contributed by atoms with Crippen LogP contribution >= 0.6 is 0 Å². The molecule has 0 aliphatic carbocycles. The van der Waals surface area contributed by atoms with Gasteiger partial charge in [-0.2, -0.15) is 0 Å². The number of Topliss-reactive ketones (excluding diaryl/α,β-unsaturated/α-hetero) is 1. The number of carboxylic acid groups (broad SMARTS) is 1. The van der Waals surface area contributed by atoms with Crippen molar-refractivity contribution in [1.29, 1.82) is 0 Å². The molecule has 0 heterocycles. The minimum Gasteiger partial charge on any atom is -0.497 e. The van der Waals surface area contributed by atoms with Crippen LogP contribution in [-0.2, 0) is 9.53 Å². The standard InChI is InChI=1S/C19H20O7/c1-3-24-19(18(21)22)26-15-9-7-14(8-10-15)25-12-17(20)13-5-4-6-16(11-13)23-2/h4-11,19H,3,12H2,1-2H3,(H,21,22)/t19-/m1/s1. The van der Waals surface area contributed by atoms with Crippen LogP contribution in [0, 0.1) is 0 Å². The molecule has 138 valence electrons. The summed E-state index contributed by atoms with van der Waals surface area (Å²) >= 11 is 0. The summed E-state index contributed by atoms with van der Waals surface area (Å²) in [6.45, 7) is 1.75. The van der Waals surface area contributed by atoms with Crippen LogP contribution in [0.5, 0.6) is 17.2 Å². The monoisotopic (exact) mass is 360 g/mol. The van der Waals surface area contributed by atoms with Crippen LogP contribution in [-0.4, -0.2) is 43.5 Å². The molecule has 0 radical (unpaired) electrons. The Balaban J connectivity index is 1.92. The first-order valence-electron chi connectivity index (χ1n) is 7.94. The van der Waals surface area contributed by atoms with Crippen molar-refractivity contribution in [2.75, 3.05) is 20.3 Å². The van der Waals surface area contributed by atoms with Gasteiger partial charge in [-0.05, 0) is 43.3 Å². The van der Waals surface area contributed by atoms with Gasteiger partial charge in [-0.3, -0.25) is 4.79 Å². The molecule has 1 atom stereocenters. The van der Waals surface area contributed by atoms with E-state index in [0.29, 0.717) is 22.8 Å². The van der Waals surface area contributed by atoms with Crippen LogP contribution in [0.15, 0.2) is 48.5 Å². The van der Waals surface area contributed by atoms with Gasteiger partial charge in [-0.25, -0.2) is 4.79 Å². The summed E-state index contributed by atoms with van der Waals surface area (Å²) in [7, 11) is 1.53. The molecule has 0 aliphatic rings. The number of carbonyl (C=O) groups excluding carboxylic acids is 1. The van der Waals surface area contributed by atoms with Crippen molar-refractivity contribution in [3.63, 3.8) is 0 Å². The SMILES string of the molecule is CCO[C@H](Oc1ccc(OCC(=O)c2cccc(OC)c2)cc1)C(=O)O. The normalized spacial score (nSPS) is 11.5. The second-order valence-electron chi connectivity index (χ2n) is 5.16. The fourth-order valence-electron chi connectivity index (χ4n) is 2.07. The van der Waals surface area contributed by atoms with Crippen LogP contribution < -0.4 is 14.2 Å². The number of aliphatic carboxylic acids is 1. The maximum atomic E-state index is 12.2. The molecular formula is C19H20O7. The number of hydrogen-bond donors (Lipinski definition) is 1. The average molecular weight is 360 g/mol. The molecular weight excluding hydrogens is 340 g/mol. The molecule has 0 saturated heterocycles. The van der Waals surface area contributed by atoms with Crippen molar-refractivity contribution in [2.45, 2.75) is 13.2 Å². The Morgan fingerprint density at radius 3 is 2.35 bits per heavy atom. The minimum atomic E-state index is -1.37. The van der Waals surface area contributed by atoms with Crippen LogP contribution in [0.3, 0.4) is 0 Å².